The quantitative estimate of drug-likeness (QED) is 0.801. The summed E-state index contributed by atoms with van der Waals surface area (Å²) in [4.78, 5) is 27.6. The van der Waals surface area contributed by atoms with Crippen molar-refractivity contribution in [2.45, 2.75) is 6.54 Å². The number of para-hydroxylation sites is 1. The second-order valence-electron chi connectivity index (χ2n) is 5.12. The van der Waals surface area contributed by atoms with E-state index in [1.54, 1.807) is 24.4 Å². The van der Waals surface area contributed by atoms with E-state index >= 15 is 0 Å². The van der Waals surface area contributed by atoms with Crippen LogP contribution in [0.3, 0.4) is 0 Å². The molecular formula is C18H13FN2O3. The number of nitrogens with zero attached hydrogens (tertiary/aromatic N) is 2. The Labute approximate surface area is 136 Å². The van der Waals surface area contributed by atoms with Crippen molar-refractivity contribution >= 4 is 22.9 Å². The van der Waals surface area contributed by atoms with Gasteiger partial charge < -0.3 is 9.67 Å². The third-order valence-corrected chi connectivity index (χ3v) is 3.56. The van der Waals surface area contributed by atoms with Gasteiger partial charge in [0, 0.05) is 24.3 Å². The van der Waals surface area contributed by atoms with Crippen molar-refractivity contribution in [1.82, 2.24) is 9.55 Å². The number of benzene rings is 1. The van der Waals surface area contributed by atoms with Crippen LogP contribution in [0.2, 0.25) is 0 Å². The second-order valence-corrected chi connectivity index (χ2v) is 5.12. The van der Waals surface area contributed by atoms with Gasteiger partial charge in [-0.2, -0.15) is 0 Å². The molecule has 0 saturated carbocycles. The summed E-state index contributed by atoms with van der Waals surface area (Å²) >= 11 is 0. The fourth-order valence-electron chi connectivity index (χ4n) is 2.47. The Morgan fingerprint density at radius 1 is 1.25 bits per heavy atom. The monoisotopic (exact) mass is 324 g/mol. The van der Waals surface area contributed by atoms with E-state index in [0.717, 1.165) is 5.69 Å². The highest BCUT2D eigenvalue weighted by atomic mass is 19.1. The summed E-state index contributed by atoms with van der Waals surface area (Å²) in [6, 6.07) is 9.49. The van der Waals surface area contributed by atoms with Crippen LogP contribution in [0.5, 0.6) is 0 Å². The highest BCUT2D eigenvalue weighted by molar-refractivity contribution is 5.92. The van der Waals surface area contributed by atoms with E-state index in [4.69, 9.17) is 0 Å². The number of halogens is 1. The van der Waals surface area contributed by atoms with Crippen LogP contribution in [0.15, 0.2) is 59.7 Å². The molecule has 0 saturated heterocycles. The molecular weight excluding hydrogens is 311 g/mol. The fourth-order valence-corrected chi connectivity index (χ4v) is 2.47. The standard InChI is InChI=1S/C18H13FN2O3/c19-15-8-3-7-13-16(15)21(11-14(17(13)22)18(23)24)10-4-6-12-5-1-2-9-20-12/h1-9,11H,10H2,(H,23,24)/b6-4+. The minimum atomic E-state index is -1.34. The molecule has 2 heterocycles. The fraction of sp³-hybridized carbons (Fsp3) is 0.0556. The van der Waals surface area contributed by atoms with E-state index in [0.29, 0.717) is 0 Å². The molecule has 0 fully saturated rings. The van der Waals surface area contributed by atoms with Gasteiger partial charge in [0.15, 0.2) is 0 Å². The van der Waals surface area contributed by atoms with Crippen LogP contribution in [0.25, 0.3) is 17.0 Å². The highest BCUT2D eigenvalue weighted by Gasteiger charge is 2.16. The van der Waals surface area contributed by atoms with Crippen LogP contribution in [0, 0.1) is 5.82 Å². The lowest BCUT2D eigenvalue weighted by molar-refractivity contribution is 0.0695. The third-order valence-electron chi connectivity index (χ3n) is 3.56. The third kappa shape index (κ3) is 2.94. The Bertz CT molecular complexity index is 994. The average Bonchev–Trinajstić information content (AvgIpc) is 2.58. The Hall–Kier alpha value is -3.28. The lowest BCUT2D eigenvalue weighted by Gasteiger charge is -2.11. The molecule has 0 aliphatic heterocycles. The first-order valence-corrected chi connectivity index (χ1v) is 7.20. The van der Waals surface area contributed by atoms with Crippen LogP contribution in [-0.2, 0) is 6.54 Å². The molecule has 3 aromatic rings. The van der Waals surface area contributed by atoms with Gasteiger partial charge in [0.25, 0.3) is 0 Å². The minimum Gasteiger partial charge on any atom is -0.477 e. The van der Waals surface area contributed by atoms with Crippen molar-refractivity contribution in [3.63, 3.8) is 0 Å². The second kappa shape index (κ2) is 6.45. The number of hydrogen-bond acceptors (Lipinski definition) is 3. The Balaban J connectivity index is 2.09. The molecule has 5 nitrogen and oxygen atoms in total. The molecule has 0 amide bonds. The SMILES string of the molecule is O=C(O)c1cn(C/C=C/c2ccccn2)c2c(F)cccc2c1=O. The van der Waals surface area contributed by atoms with Gasteiger partial charge in [0.05, 0.1) is 11.2 Å². The smallest absolute Gasteiger partial charge is 0.341 e. The Morgan fingerprint density at radius 2 is 2.08 bits per heavy atom. The summed E-state index contributed by atoms with van der Waals surface area (Å²) < 4.78 is 15.6. The van der Waals surface area contributed by atoms with E-state index in [1.165, 1.54) is 29.0 Å². The zero-order valence-electron chi connectivity index (χ0n) is 12.5. The van der Waals surface area contributed by atoms with Gasteiger partial charge in [-0.1, -0.05) is 18.2 Å². The first-order chi connectivity index (χ1) is 11.6. The maximum atomic E-state index is 14.2. The first-order valence-electron chi connectivity index (χ1n) is 7.20. The largest absolute Gasteiger partial charge is 0.477 e. The van der Waals surface area contributed by atoms with Crippen LogP contribution in [0.1, 0.15) is 16.1 Å². The van der Waals surface area contributed by atoms with Crippen molar-refractivity contribution in [3.8, 4) is 0 Å². The molecule has 24 heavy (non-hydrogen) atoms. The van der Waals surface area contributed by atoms with Crippen molar-refractivity contribution < 1.29 is 14.3 Å². The molecule has 0 aliphatic rings. The van der Waals surface area contributed by atoms with Crippen LogP contribution >= 0.6 is 0 Å². The van der Waals surface area contributed by atoms with E-state index < -0.39 is 17.2 Å². The molecule has 0 aliphatic carbocycles. The number of aromatic nitrogens is 2. The van der Waals surface area contributed by atoms with Crippen molar-refractivity contribution in [1.29, 1.82) is 0 Å². The van der Waals surface area contributed by atoms with Gasteiger partial charge in [0.2, 0.25) is 5.43 Å². The number of pyridine rings is 2. The number of fused-ring (bicyclic) bond motifs is 1. The van der Waals surface area contributed by atoms with Gasteiger partial charge in [-0.25, -0.2) is 9.18 Å². The molecule has 0 radical (unpaired) electrons. The summed E-state index contributed by atoms with van der Waals surface area (Å²) in [6.07, 6.45) is 6.28. The predicted molar refractivity (Wildman–Crippen MR) is 88.4 cm³/mol. The number of carbonyl (C=O) groups is 1. The minimum absolute atomic E-state index is 0.0427. The summed E-state index contributed by atoms with van der Waals surface area (Å²) in [5.74, 6) is -1.92. The Morgan fingerprint density at radius 3 is 2.79 bits per heavy atom. The Kier molecular flexibility index (Phi) is 4.20. The number of allylic oxidation sites excluding steroid dienone is 1. The number of carboxylic acids is 1. The van der Waals surface area contributed by atoms with Crippen molar-refractivity contribution in [2.75, 3.05) is 0 Å². The summed E-state index contributed by atoms with van der Waals surface area (Å²) in [7, 11) is 0. The van der Waals surface area contributed by atoms with Crippen molar-refractivity contribution in [2.24, 2.45) is 0 Å². The van der Waals surface area contributed by atoms with Crippen LogP contribution in [0.4, 0.5) is 4.39 Å². The summed E-state index contributed by atoms with van der Waals surface area (Å²) in [6.45, 7) is 0.203. The normalized spacial score (nSPS) is 11.2. The zero-order chi connectivity index (χ0) is 17.1. The number of rotatable bonds is 4. The van der Waals surface area contributed by atoms with E-state index in [9.17, 15) is 19.1 Å². The number of hydrogen-bond donors (Lipinski definition) is 1. The lowest BCUT2D eigenvalue weighted by atomic mass is 10.1. The molecule has 1 aromatic carbocycles. The highest BCUT2D eigenvalue weighted by Crippen LogP contribution is 2.16. The molecule has 2 aromatic heterocycles. The van der Waals surface area contributed by atoms with E-state index in [1.807, 2.05) is 12.1 Å². The van der Waals surface area contributed by atoms with Crippen molar-refractivity contribution in [3.05, 3.63) is 82.2 Å². The number of carboxylic acid groups (broad SMARTS) is 1. The molecule has 3 rings (SSSR count). The number of aromatic carboxylic acids is 1. The molecule has 120 valence electrons. The topological polar surface area (TPSA) is 72.2 Å². The summed E-state index contributed by atoms with van der Waals surface area (Å²) in [5, 5.41) is 9.23. The molecule has 0 atom stereocenters. The average molecular weight is 324 g/mol. The molecule has 0 unspecified atom stereocenters. The molecule has 6 heteroatoms. The maximum Gasteiger partial charge on any atom is 0.341 e. The predicted octanol–water partition coefficient (Wildman–Crippen LogP) is 2.95. The van der Waals surface area contributed by atoms with Gasteiger partial charge in [0.1, 0.15) is 11.4 Å². The molecule has 1 N–H and O–H groups in total. The van der Waals surface area contributed by atoms with Gasteiger partial charge >= 0.3 is 5.97 Å². The molecule has 0 spiro atoms. The van der Waals surface area contributed by atoms with E-state index in [2.05, 4.69) is 4.98 Å². The summed E-state index contributed by atoms with van der Waals surface area (Å²) in [5.41, 5.74) is -0.277. The van der Waals surface area contributed by atoms with E-state index in [-0.39, 0.29) is 23.0 Å². The molecule has 0 bridgehead atoms. The van der Waals surface area contributed by atoms with Gasteiger partial charge in [-0.3, -0.25) is 9.78 Å². The van der Waals surface area contributed by atoms with Gasteiger partial charge in [-0.15, -0.1) is 0 Å². The lowest BCUT2D eigenvalue weighted by Crippen LogP contribution is -2.19. The van der Waals surface area contributed by atoms with Crippen LogP contribution in [-0.4, -0.2) is 20.6 Å². The van der Waals surface area contributed by atoms with Gasteiger partial charge in [-0.05, 0) is 30.3 Å². The van der Waals surface area contributed by atoms with Crippen LogP contribution < -0.4 is 5.43 Å². The zero-order valence-corrected chi connectivity index (χ0v) is 12.5. The first kappa shape index (κ1) is 15.6. The maximum absolute atomic E-state index is 14.2.